The fraction of sp³-hybridized carbons (Fsp3) is 0.400. The number of nitrogens with zero attached hydrogens (tertiary/aromatic N) is 1. The largest absolute Gasteiger partial charge is 0.494 e. The van der Waals surface area contributed by atoms with Crippen LogP contribution in [0.5, 0.6) is 5.75 Å². The highest BCUT2D eigenvalue weighted by Crippen LogP contribution is 2.22. The lowest BCUT2D eigenvalue weighted by atomic mass is 10.3. The van der Waals surface area contributed by atoms with E-state index in [-0.39, 0.29) is 23.7 Å². The molecule has 1 aromatic carbocycles. The van der Waals surface area contributed by atoms with Crippen LogP contribution < -0.4 is 10.5 Å². The van der Waals surface area contributed by atoms with Gasteiger partial charge in [0.1, 0.15) is 0 Å². The van der Waals surface area contributed by atoms with Gasteiger partial charge in [0.15, 0.2) is 11.6 Å². The molecule has 0 aromatic heterocycles. The van der Waals surface area contributed by atoms with Crippen molar-refractivity contribution in [1.29, 1.82) is 0 Å². The van der Waals surface area contributed by atoms with Gasteiger partial charge in [0.2, 0.25) is 10.0 Å². The SMILES string of the molecule is COc1ccc(S(=O)(=O)N(C)CCN)cc1F. The summed E-state index contributed by atoms with van der Waals surface area (Å²) in [6.07, 6.45) is 0. The zero-order chi connectivity index (χ0) is 13.1. The minimum absolute atomic E-state index is 0.00503. The van der Waals surface area contributed by atoms with Crippen LogP contribution in [0.3, 0.4) is 0 Å². The molecule has 5 nitrogen and oxygen atoms in total. The third-order valence-corrected chi connectivity index (χ3v) is 4.13. The fourth-order valence-electron chi connectivity index (χ4n) is 1.29. The molecule has 0 unspecified atom stereocenters. The van der Waals surface area contributed by atoms with E-state index in [4.69, 9.17) is 10.5 Å². The number of methoxy groups -OCH3 is 1. The first-order valence-electron chi connectivity index (χ1n) is 4.93. The van der Waals surface area contributed by atoms with Crippen LogP contribution in [0.25, 0.3) is 0 Å². The number of sulfonamides is 1. The van der Waals surface area contributed by atoms with E-state index in [1.807, 2.05) is 0 Å². The summed E-state index contributed by atoms with van der Waals surface area (Å²) in [6, 6.07) is 3.50. The van der Waals surface area contributed by atoms with Gasteiger partial charge in [-0.15, -0.1) is 0 Å². The maximum atomic E-state index is 13.4. The molecule has 0 radical (unpaired) electrons. The maximum absolute atomic E-state index is 13.4. The molecule has 1 rings (SSSR count). The Morgan fingerprint density at radius 3 is 2.59 bits per heavy atom. The molecule has 0 amide bonds. The Hall–Kier alpha value is -1.18. The molecule has 2 N–H and O–H groups in total. The van der Waals surface area contributed by atoms with Crippen LogP contribution in [-0.4, -0.2) is 40.0 Å². The minimum atomic E-state index is -3.69. The van der Waals surface area contributed by atoms with Gasteiger partial charge >= 0.3 is 0 Å². The highest BCUT2D eigenvalue weighted by Gasteiger charge is 2.21. The van der Waals surface area contributed by atoms with Crippen molar-refractivity contribution < 1.29 is 17.5 Å². The molecule has 0 heterocycles. The topological polar surface area (TPSA) is 72.6 Å². The van der Waals surface area contributed by atoms with Crippen LogP contribution in [0.1, 0.15) is 0 Å². The monoisotopic (exact) mass is 262 g/mol. The second-order valence-corrected chi connectivity index (χ2v) is 5.46. The average Bonchev–Trinajstić information content (AvgIpc) is 2.29. The molecule has 0 saturated carbocycles. The standard InChI is InChI=1S/C10H15FN2O3S/c1-13(6-5-12)17(14,15)8-3-4-10(16-2)9(11)7-8/h3-4,7H,5-6,12H2,1-2H3. The lowest BCUT2D eigenvalue weighted by Crippen LogP contribution is -2.31. The normalized spacial score (nSPS) is 11.8. The van der Waals surface area contributed by atoms with E-state index in [0.29, 0.717) is 0 Å². The van der Waals surface area contributed by atoms with Crippen molar-refractivity contribution in [1.82, 2.24) is 4.31 Å². The molecule has 7 heteroatoms. The first-order valence-corrected chi connectivity index (χ1v) is 6.37. The predicted octanol–water partition coefficient (Wildman–Crippen LogP) is 0.414. The Morgan fingerprint density at radius 2 is 2.12 bits per heavy atom. The fourth-order valence-corrected chi connectivity index (χ4v) is 2.49. The van der Waals surface area contributed by atoms with E-state index >= 15 is 0 Å². The Bertz CT molecular complexity index is 490. The third kappa shape index (κ3) is 2.93. The van der Waals surface area contributed by atoms with Gasteiger partial charge in [0.05, 0.1) is 12.0 Å². The van der Waals surface area contributed by atoms with Crippen molar-refractivity contribution in [3.05, 3.63) is 24.0 Å². The van der Waals surface area contributed by atoms with Crippen molar-refractivity contribution >= 4 is 10.0 Å². The lowest BCUT2D eigenvalue weighted by Gasteiger charge is -2.16. The zero-order valence-corrected chi connectivity index (χ0v) is 10.5. The van der Waals surface area contributed by atoms with E-state index in [1.54, 1.807) is 0 Å². The minimum Gasteiger partial charge on any atom is -0.494 e. The van der Waals surface area contributed by atoms with Crippen molar-refractivity contribution in [3.63, 3.8) is 0 Å². The van der Waals surface area contributed by atoms with Gasteiger partial charge in [-0.1, -0.05) is 0 Å². The Balaban J connectivity index is 3.12. The molecule has 0 saturated heterocycles. The van der Waals surface area contributed by atoms with Gasteiger partial charge in [-0.3, -0.25) is 0 Å². The van der Waals surface area contributed by atoms with Crippen LogP contribution in [0, 0.1) is 5.82 Å². The van der Waals surface area contributed by atoms with Crippen LogP contribution in [-0.2, 0) is 10.0 Å². The smallest absolute Gasteiger partial charge is 0.242 e. The van der Waals surface area contributed by atoms with Crippen molar-refractivity contribution in [2.75, 3.05) is 27.2 Å². The van der Waals surface area contributed by atoms with E-state index in [9.17, 15) is 12.8 Å². The van der Waals surface area contributed by atoms with Crippen molar-refractivity contribution in [2.45, 2.75) is 4.90 Å². The highest BCUT2D eigenvalue weighted by atomic mass is 32.2. The van der Waals surface area contributed by atoms with E-state index < -0.39 is 15.8 Å². The van der Waals surface area contributed by atoms with E-state index in [0.717, 1.165) is 10.4 Å². The summed E-state index contributed by atoms with van der Waals surface area (Å²) in [5, 5.41) is 0. The number of likely N-dealkylation sites (N-methyl/N-ethyl adjacent to an activating group) is 1. The van der Waals surface area contributed by atoms with Crippen molar-refractivity contribution in [3.8, 4) is 5.75 Å². The summed E-state index contributed by atoms with van der Waals surface area (Å²) in [7, 11) is -0.985. The molecular formula is C10H15FN2O3S. The van der Waals surface area contributed by atoms with Gasteiger partial charge in [0, 0.05) is 20.1 Å². The van der Waals surface area contributed by atoms with Crippen LogP contribution in [0.15, 0.2) is 23.1 Å². The molecule has 0 aliphatic carbocycles. The number of benzene rings is 1. The Kier molecular flexibility index (Phi) is 4.44. The Morgan fingerprint density at radius 1 is 1.47 bits per heavy atom. The number of halogens is 1. The highest BCUT2D eigenvalue weighted by molar-refractivity contribution is 7.89. The molecular weight excluding hydrogens is 247 g/mol. The summed E-state index contributed by atoms with van der Waals surface area (Å²) < 4.78 is 43.1. The van der Waals surface area contributed by atoms with Gasteiger partial charge in [-0.2, -0.15) is 4.31 Å². The molecule has 0 spiro atoms. The predicted molar refractivity (Wildman–Crippen MR) is 61.8 cm³/mol. The summed E-state index contributed by atoms with van der Waals surface area (Å²) in [4.78, 5) is -0.119. The Labute approximate surface area is 100 Å². The zero-order valence-electron chi connectivity index (χ0n) is 9.68. The third-order valence-electron chi connectivity index (χ3n) is 2.28. The van der Waals surface area contributed by atoms with Gasteiger partial charge in [0.25, 0.3) is 0 Å². The molecule has 0 atom stereocenters. The molecule has 1 aromatic rings. The molecule has 96 valence electrons. The second-order valence-electron chi connectivity index (χ2n) is 3.41. The van der Waals surface area contributed by atoms with Gasteiger partial charge < -0.3 is 10.5 Å². The molecule has 0 fully saturated rings. The average molecular weight is 262 g/mol. The summed E-state index contributed by atoms with van der Waals surface area (Å²) in [5.41, 5.74) is 5.28. The van der Waals surface area contributed by atoms with Crippen molar-refractivity contribution in [2.24, 2.45) is 5.73 Å². The number of hydrogen-bond donors (Lipinski definition) is 1. The molecule has 0 bridgehead atoms. The summed E-state index contributed by atoms with van der Waals surface area (Å²) in [6.45, 7) is 0.379. The number of ether oxygens (including phenoxy) is 1. The lowest BCUT2D eigenvalue weighted by molar-refractivity contribution is 0.385. The first kappa shape index (κ1) is 13.9. The van der Waals surface area contributed by atoms with Crippen LogP contribution in [0.2, 0.25) is 0 Å². The van der Waals surface area contributed by atoms with E-state index in [1.165, 1.54) is 26.3 Å². The summed E-state index contributed by atoms with van der Waals surface area (Å²) >= 11 is 0. The number of rotatable bonds is 5. The maximum Gasteiger partial charge on any atom is 0.242 e. The first-order chi connectivity index (χ1) is 7.93. The second kappa shape index (κ2) is 5.44. The quantitative estimate of drug-likeness (QED) is 0.834. The molecule has 0 aliphatic rings. The molecule has 0 aliphatic heterocycles. The van der Waals surface area contributed by atoms with Crippen LogP contribution >= 0.6 is 0 Å². The van der Waals surface area contributed by atoms with Gasteiger partial charge in [-0.25, -0.2) is 12.8 Å². The molecule has 17 heavy (non-hydrogen) atoms. The van der Waals surface area contributed by atoms with Crippen LogP contribution in [0.4, 0.5) is 4.39 Å². The summed E-state index contributed by atoms with van der Waals surface area (Å²) in [5.74, 6) is -0.708. The number of hydrogen-bond acceptors (Lipinski definition) is 4. The van der Waals surface area contributed by atoms with E-state index in [2.05, 4.69) is 0 Å². The van der Waals surface area contributed by atoms with Gasteiger partial charge in [-0.05, 0) is 18.2 Å². The number of nitrogens with two attached hydrogens (primary N) is 1.